The third-order valence-corrected chi connectivity index (χ3v) is 2.25. The number of nitrogens with one attached hydrogen (secondary N) is 1. The highest BCUT2D eigenvalue weighted by atomic mass is 35.5. The van der Waals surface area contributed by atoms with Crippen LogP contribution >= 0.6 is 11.6 Å². The van der Waals surface area contributed by atoms with Crippen molar-refractivity contribution in [3.63, 3.8) is 0 Å². The van der Waals surface area contributed by atoms with Gasteiger partial charge in [-0.25, -0.2) is 4.98 Å². The number of H-pyrrole nitrogens is 1. The molecule has 0 saturated heterocycles. The predicted molar refractivity (Wildman–Crippen MR) is 56.6 cm³/mol. The second-order valence-corrected chi connectivity index (χ2v) is 3.32. The molecule has 0 aromatic carbocycles. The smallest absolute Gasteiger partial charge is 0.251 e. The van der Waals surface area contributed by atoms with E-state index < -0.39 is 0 Å². The molecule has 0 aliphatic carbocycles. The fourth-order valence-electron chi connectivity index (χ4n) is 1.33. The molecule has 0 amide bonds. The van der Waals surface area contributed by atoms with Crippen LogP contribution in [0.15, 0.2) is 23.1 Å². The van der Waals surface area contributed by atoms with Crippen LogP contribution in [0.2, 0.25) is 0 Å². The van der Waals surface area contributed by atoms with Gasteiger partial charge in [0.05, 0.1) is 17.3 Å². The first-order valence-electron chi connectivity index (χ1n) is 4.35. The molecule has 0 saturated carbocycles. The lowest BCUT2D eigenvalue weighted by Gasteiger charge is -2.02. The molecule has 2 aromatic heterocycles. The first-order valence-corrected chi connectivity index (χ1v) is 4.89. The van der Waals surface area contributed by atoms with E-state index in [9.17, 15) is 4.79 Å². The minimum Gasteiger partial charge on any atom is -0.310 e. The van der Waals surface area contributed by atoms with Crippen LogP contribution in [0.4, 0.5) is 0 Å². The lowest BCUT2D eigenvalue weighted by atomic mass is 10.3. The maximum Gasteiger partial charge on any atom is 0.251 e. The Morgan fingerprint density at radius 3 is 3.00 bits per heavy atom. The van der Waals surface area contributed by atoms with Crippen molar-refractivity contribution in [1.29, 1.82) is 0 Å². The molecule has 2 rings (SSSR count). The van der Waals surface area contributed by atoms with Gasteiger partial charge in [-0.1, -0.05) is 0 Å². The Morgan fingerprint density at radius 2 is 2.40 bits per heavy atom. The van der Waals surface area contributed by atoms with Gasteiger partial charge < -0.3 is 4.98 Å². The molecule has 5 nitrogen and oxygen atoms in total. The fourth-order valence-corrected chi connectivity index (χ4v) is 1.45. The van der Waals surface area contributed by atoms with E-state index in [1.54, 1.807) is 24.0 Å². The Morgan fingerprint density at radius 1 is 1.60 bits per heavy atom. The lowest BCUT2D eigenvalue weighted by molar-refractivity contribution is 0.771. The molecule has 0 radical (unpaired) electrons. The van der Waals surface area contributed by atoms with Crippen LogP contribution in [0.3, 0.4) is 0 Å². The maximum atomic E-state index is 11.3. The molecule has 0 bridgehead atoms. The second-order valence-electron chi connectivity index (χ2n) is 3.05. The summed E-state index contributed by atoms with van der Waals surface area (Å²) < 4.78 is 1.65. The van der Waals surface area contributed by atoms with Crippen molar-refractivity contribution < 1.29 is 0 Å². The topological polar surface area (TPSA) is 63.6 Å². The number of rotatable bonds is 2. The zero-order chi connectivity index (χ0) is 10.8. The number of aromatic amines is 1. The highest BCUT2D eigenvalue weighted by molar-refractivity contribution is 6.16. The van der Waals surface area contributed by atoms with E-state index >= 15 is 0 Å². The first-order chi connectivity index (χ1) is 7.20. The summed E-state index contributed by atoms with van der Waals surface area (Å²) in [5.41, 5.74) is 1.15. The van der Waals surface area contributed by atoms with Gasteiger partial charge in [0.15, 0.2) is 0 Å². The molecule has 0 aliphatic rings. The number of nitrogens with zero attached hydrogens (tertiary/aromatic N) is 3. The van der Waals surface area contributed by atoms with Gasteiger partial charge >= 0.3 is 0 Å². The quantitative estimate of drug-likeness (QED) is 0.772. The number of aromatic nitrogens is 4. The molecule has 6 heteroatoms. The van der Waals surface area contributed by atoms with Crippen molar-refractivity contribution in [2.75, 3.05) is 0 Å². The van der Waals surface area contributed by atoms with E-state index in [4.69, 9.17) is 11.6 Å². The van der Waals surface area contributed by atoms with E-state index in [-0.39, 0.29) is 11.4 Å². The first kappa shape index (κ1) is 9.92. The summed E-state index contributed by atoms with van der Waals surface area (Å²) in [6, 6.07) is 3.22. The molecule has 0 atom stereocenters. The summed E-state index contributed by atoms with van der Waals surface area (Å²) in [7, 11) is 1.79. The SMILES string of the molecule is Cn1nccc1-c1cc(=O)[nH]c(CCl)n1. The van der Waals surface area contributed by atoms with E-state index in [1.165, 1.54) is 6.07 Å². The molecule has 15 heavy (non-hydrogen) atoms. The molecule has 0 fully saturated rings. The van der Waals surface area contributed by atoms with Crippen LogP contribution in [0.1, 0.15) is 5.82 Å². The number of hydrogen-bond donors (Lipinski definition) is 1. The lowest BCUT2D eigenvalue weighted by Crippen LogP contribution is -2.11. The van der Waals surface area contributed by atoms with E-state index in [0.717, 1.165) is 5.69 Å². The van der Waals surface area contributed by atoms with Gasteiger partial charge in [0.1, 0.15) is 5.82 Å². The van der Waals surface area contributed by atoms with Crippen LogP contribution < -0.4 is 5.56 Å². The van der Waals surface area contributed by atoms with E-state index in [2.05, 4.69) is 15.1 Å². The highest BCUT2D eigenvalue weighted by Gasteiger charge is 2.06. The molecular weight excluding hydrogens is 216 g/mol. The van der Waals surface area contributed by atoms with Crippen LogP contribution in [-0.4, -0.2) is 19.7 Å². The number of halogens is 1. The van der Waals surface area contributed by atoms with Crippen molar-refractivity contribution in [2.24, 2.45) is 7.05 Å². The standard InChI is InChI=1S/C9H9ClN4O/c1-14-7(2-3-11-14)6-4-9(15)13-8(5-10)12-6/h2-4H,5H2,1H3,(H,12,13,15). The normalized spacial score (nSPS) is 10.5. The largest absolute Gasteiger partial charge is 0.310 e. The molecule has 0 aliphatic heterocycles. The predicted octanol–water partition coefficient (Wildman–Crippen LogP) is 0.909. The summed E-state index contributed by atoms with van der Waals surface area (Å²) >= 11 is 5.62. The molecule has 78 valence electrons. The van der Waals surface area contributed by atoms with Gasteiger partial charge in [-0.2, -0.15) is 5.10 Å². The van der Waals surface area contributed by atoms with Gasteiger partial charge in [0.25, 0.3) is 5.56 Å². The summed E-state index contributed by atoms with van der Waals surface area (Å²) in [4.78, 5) is 18.1. The van der Waals surface area contributed by atoms with Crippen molar-refractivity contribution in [1.82, 2.24) is 19.7 Å². The summed E-state index contributed by atoms with van der Waals surface area (Å²) in [5, 5.41) is 4.01. The number of hydrogen-bond acceptors (Lipinski definition) is 3. The Balaban J connectivity index is 2.58. The van der Waals surface area contributed by atoms with Gasteiger partial charge in [-0.05, 0) is 6.07 Å². The fraction of sp³-hybridized carbons (Fsp3) is 0.222. The van der Waals surface area contributed by atoms with Crippen molar-refractivity contribution in [3.05, 3.63) is 34.5 Å². The third-order valence-electron chi connectivity index (χ3n) is 2.00. The van der Waals surface area contributed by atoms with Gasteiger partial charge in [-0.3, -0.25) is 9.48 Å². The zero-order valence-corrected chi connectivity index (χ0v) is 8.82. The van der Waals surface area contributed by atoms with Crippen molar-refractivity contribution in [2.45, 2.75) is 5.88 Å². The minimum atomic E-state index is -0.211. The molecule has 0 spiro atoms. The average molecular weight is 225 g/mol. The van der Waals surface area contributed by atoms with Crippen LogP contribution in [-0.2, 0) is 12.9 Å². The van der Waals surface area contributed by atoms with Crippen molar-refractivity contribution in [3.8, 4) is 11.4 Å². The number of alkyl halides is 1. The Labute approximate surface area is 90.7 Å². The maximum absolute atomic E-state index is 11.3. The summed E-state index contributed by atoms with van der Waals surface area (Å²) in [6.07, 6.45) is 1.65. The average Bonchev–Trinajstić information content (AvgIpc) is 2.63. The van der Waals surface area contributed by atoms with Gasteiger partial charge in [0.2, 0.25) is 0 Å². The van der Waals surface area contributed by atoms with Crippen LogP contribution in [0.5, 0.6) is 0 Å². The number of aryl methyl sites for hydroxylation is 1. The molecule has 0 unspecified atom stereocenters. The Hall–Kier alpha value is -1.62. The van der Waals surface area contributed by atoms with E-state index in [1.807, 2.05) is 0 Å². The molecular formula is C9H9ClN4O. The van der Waals surface area contributed by atoms with Crippen molar-refractivity contribution >= 4 is 11.6 Å². The van der Waals surface area contributed by atoms with Crippen LogP contribution in [0.25, 0.3) is 11.4 Å². The summed E-state index contributed by atoms with van der Waals surface area (Å²) in [5.74, 6) is 0.640. The Bertz CT molecular complexity index is 531. The Kier molecular flexibility index (Phi) is 2.55. The highest BCUT2D eigenvalue weighted by Crippen LogP contribution is 2.13. The zero-order valence-electron chi connectivity index (χ0n) is 8.07. The van der Waals surface area contributed by atoms with Gasteiger partial charge in [-0.15, -0.1) is 11.6 Å². The minimum absolute atomic E-state index is 0.181. The molecule has 1 N–H and O–H groups in total. The molecule has 2 heterocycles. The molecule has 2 aromatic rings. The second kappa shape index (κ2) is 3.86. The summed E-state index contributed by atoms with van der Waals surface area (Å²) in [6.45, 7) is 0. The third kappa shape index (κ3) is 1.92. The monoisotopic (exact) mass is 224 g/mol. The van der Waals surface area contributed by atoms with Crippen LogP contribution in [0, 0.1) is 0 Å². The van der Waals surface area contributed by atoms with E-state index in [0.29, 0.717) is 11.5 Å². The van der Waals surface area contributed by atoms with Gasteiger partial charge in [0, 0.05) is 19.3 Å².